The van der Waals surface area contributed by atoms with Crippen molar-refractivity contribution in [2.75, 3.05) is 14.2 Å². The van der Waals surface area contributed by atoms with Crippen LogP contribution in [0.3, 0.4) is 0 Å². The molecule has 0 aromatic carbocycles. The zero-order valence-corrected chi connectivity index (χ0v) is 16.2. The molecule has 4 heteroatoms. The highest BCUT2D eigenvalue weighted by Crippen LogP contribution is 2.29. The molecule has 0 fully saturated rings. The van der Waals surface area contributed by atoms with Crippen LogP contribution in [0.5, 0.6) is 0 Å². The summed E-state index contributed by atoms with van der Waals surface area (Å²) < 4.78 is 9.71. The van der Waals surface area contributed by atoms with Crippen LogP contribution in [0.2, 0.25) is 0 Å². The topological polar surface area (TPSA) is 52.6 Å². The van der Waals surface area contributed by atoms with Crippen molar-refractivity contribution >= 4 is 11.9 Å². The monoisotopic (exact) mass is 348 g/mol. The van der Waals surface area contributed by atoms with E-state index < -0.39 is 17.4 Å². The molecule has 140 valence electrons. The minimum Gasteiger partial charge on any atom is -0.468 e. The van der Waals surface area contributed by atoms with Crippen LogP contribution in [-0.4, -0.2) is 26.2 Å². The summed E-state index contributed by atoms with van der Waals surface area (Å²) in [5.74, 6) is 10.7. The molecule has 0 atom stereocenters. The van der Waals surface area contributed by atoms with Gasteiger partial charge >= 0.3 is 11.9 Å². The summed E-state index contributed by atoms with van der Waals surface area (Å²) in [6.07, 6.45) is 8.20. The van der Waals surface area contributed by atoms with Crippen molar-refractivity contribution in [3.8, 4) is 23.7 Å². The highest BCUT2D eigenvalue weighted by Gasteiger charge is 2.47. The lowest BCUT2D eigenvalue weighted by molar-refractivity contribution is -0.168. The van der Waals surface area contributed by atoms with Crippen molar-refractivity contribution in [1.29, 1.82) is 0 Å². The molecule has 0 spiro atoms. The second-order valence-electron chi connectivity index (χ2n) is 6.04. The average Bonchev–Trinajstić information content (AvgIpc) is 2.64. The molecule has 0 aromatic rings. The van der Waals surface area contributed by atoms with Crippen LogP contribution in [0.1, 0.15) is 78.1 Å². The Hall–Kier alpha value is -1.94. The third-order valence-electron chi connectivity index (χ3n) is 3.99. The maximum absolute atomic E-state index is 12.3. The lowest BCUT2D eigenvalue weighted by atomic mass is 9.81. The Labute approximate surface area is 153 Å². The van der Waals surface area contributed by atoms with E-state index in [1.165, 1.54) is 14.2 Å². The van der Waals surface area contributed by atoms with Crippen LogP contribution in [0.25, 0.3) is 0 Å². The van der Waals surface area contributed by atoms with Crippen molar-refractivity contribution in [3.05, 3.63) is 0 Å². The molecule has 0 radical (unpaired) electrons. The standard InChI is InChI=1S/C21H32O4/c1-5-7-9-11-13-15-17-21(19(22)24-3,20(23)25-4)18-16-14-12-10-8-6-2/h5-12,17-18H2,1-4H3. The first kappa shape index (κ1) is 23.1. The predicted octanol–water partition coefficient (Wildman–Crippen LogP) is 4.27. The maximum atomic E-state index is 12.3. The number of methoxy groups -OCH3 is 2. The van der Waals surface area contributed by atoms with E-state index in [4.69, 9.17) is 9.47 Å². The van der Waals surface area contributed by atoms with Crippen LogP contribution in [0.15, 0.2) is 0 Å². The fourth-order valence-electron chi connectivity index (χ4n) is 2.36. The van der Waals surface area contributed by atoms with Crippen molar-refractivity contribution in [1.82, 2.24) is 0 Å². The summed E-state index contributed by atoms with van der Waals surface area (Å²) >= 11 is 0. The van der Waals surface area contributed by atoms with Crippen molar-refractivity contribution in [3.63, 3.8) is 0 Å². The van der Waals surface area contributed by atoms with Gasteiger partial charge in [0.25, 0.3) is 0 Å². The van der Waals surface area contributed by atoms with Crippen LogP contribution in [0, 0.1) is 29.1 Å². The average molecular weight is 348 g/mol. The van der Waals surface area contributed by atoms with Gasteiger partial charge in [-0.05, 0) is 12.8 Å². The molecule has 4 nitrogen and oxygen atoms in total. The van der Waals surface area contributed by atoms with E-state index in [9.17, 15) is 9.59 Å². The van der Waals surface area contributed by atoms with Gasteiger partial charge < -0.3 is 9.47 Å². The van der Waals surface area contributed by atoms with Crippen LogP contribution >= 0.6 is 0 Å². The zero-order valence-electron chi connectivity index (χ0n) is 16.2. The SMILES string of the molecule is CCCCCC#CCC(CC#CCCCCC)(C(=O)OC)C(=O)OC. The molecule has 0 aromatic heterocycles. The van der Waals surface area contributed by atoms with Gasteiger partial charge in [0.2, 0.25) is 0 Å². The van der Waals surface area contributed by atoms with Gasteiger partial charge in [-0.1, -0.05) is 39.5 Å². The fourth-order valence-corrected chi connectivity index (χ4v) is 2.36. The van der Waals surface area contributed by atoms with Gasteiger partial charge in [0, 0.05) is 25.7 Å². The summed E-state index contributed by atoms with van der Waals surface area (Å²) in [5, 5.41) is 0. The highest BCUT2D eigenvalue weighted by molar-refractivity contribution is 6.00. The number of unbranched alkanes of at least 4 members (excludes halogenated alkanes) is 6. The molecule has 0 unspecified atom stereocenters. The van der Waals surface area contributed by atoms with Gasteiger partial charge in [-0.15, -0.1) is 23.7 Å². The predicted molar refractivity (Wildman–Crippen MR) is 99.5 cm³/mol. The molecule has 0 aliphatic heterocycles. The number of hydrogen-bond donors (Lipinski definition) is 0. The van der Waals surface area contributed by atoms with E-state index in [0.717, 1.165) is 51.4 Å². The number of esters is 2. The van der Waals surface area contributed by atoms with Crippen molar-refractivity contribution < 1.29 is 19.1 Å². The summed E-state index contributed by atoms with van der Waals surface area (Å²) in [4.78, 5) is 24.6. The number of carbonyl (C=O) groups excluding carboxylic acids is 2. The molecular weight excluding hydrogens is 316 g/mol. The van der Waals surface area contributed by atoms with E-state index in [-0.39, 0.29) is 12.8 Å². The number of rotatable bonds is 10. The third kappa shape index (κ3) is 8.64. The molecule has 25 heavy (non-hydrogen) atoms. The number of carbonyl (C=O) groups is 2. The largest absolute Gasteiger partial charge is 0.468 e. The van der Waals surface area contributed by atoms with Gasteiger partial charge in [-0.25, -0.2) is 0 Å². The normalized spacial score (nSPS) is 10.1. The molecule has 0 aliphatic carbocycles. The van der Waals surface area contributed by atoms with Crippen LogP contribution < -0.4 is 0 Å². The fraction of sp³-hybridized carbons (Fsp3) is 0.714. The Bertz CT molecular complexity index is 465. The molecule has 0 rings (SSSR count). The van der Waals surface area contributed by atoms with Gasteiger partial charge in [-0.3, -0.25) is 9.59 Å². The van der Waals surface area contributed by atoms with Crippen molar-refractivity contribution in [2.24, 2.45) is 5.41 Å². The number of hydrogen-bond acceptors (Lipinski definition) is 4. The third-order valence-corrected chi connectivity index (χ3v) is 3.99. The van der Waals surface area contributed by atoms with E-state index in [1.54, 1.807) is 0 Å². The molecule has 0 bridgehead atoms. The van der Waals surface area contributed by atoms with E-state index in [2.05, 4.69) is 37.5 Å². The Kier molecular flexibility index (Phi) is 13.3. The first-order valence-corrected chi connectivity index (χ1v) is 9.17. The van der Waals surface area contributed by atoms with E-state index >= 15 is 0 Å². The van der Waals surface area contributed by atoms with E-state index in [1.807, 2.05) is 0 Å². The summed E-state index contributed by atoms with van der Waals surface area (Å²) in [6.45, 7) is 4.26. The van der Waals surface area contributed by atoms with Crippen LogP contribution in [0.4, 0.5) is 0 Å². The molecule has 0 amide bonds. The van der Waals surface area contributed by atoms with E-state index in [0.29, 0.717) is 0 Å². The highest BCUT2D eigenvalue weighted by atomic mass is 16.5. The van der Waals surface area contributed by atoms with Crippen molar-refractivity contribution in [2.45, 2.75) is 78.1 Å². The summed E-state index contributed by atoms with van der Waals surface area (Å²) in [5.41, 5.74) is -1.46. The molecular formula is C21H32O4. The lowest BCUT2D eigenvalue weighted by Gasteiger charge is -2.24. The Balaban J connectivity index is 5.11. The minimum atomic E-state index is -1.46. The Morgan fingerprint density at radius 2 is 1.12 bits per heavy atom. The minimum absolute atomic E-state index is 0.0715. The zero-order chi connectivity index (χ0) is 19.0. The van der Waals surface area contributed by atoms with Gasteiger partial charge in [0.05, 0.1) is 14.2 Å². The molecule has 0 saturated carbocycles. The molecule has 0 heterocycles. The van der Waals surface area contributed by atoms with Gasteiger partial charge in [-0.2, -0.15) is 0 Å². The smallest absolute Gasteiger partial charge is 0.325 e. The Morgan fingerprint density at radius 3 is 1.44 bits per heavy atom. The molecule has 0 N–H and O–H groups in total. The lowest BCUT2D eigenvalue weighted by Crippen LogP contribution is -2.40. The second-order valence-corrected chi connectivity index (χ2v) is 6.04. The van der Waals surface area contributed by atoms with Gasteiger partial charge in [0.15, 0.2) is 5.41 Å². The first-order chi connectivity index (χ1) is 12.1. The quantitative estimate of drug-likeness (QED) is 0.256. The van der Waals surface area contributed by atoms with Crippen LogP contribution in [-0.2, 0) is 19.1 Å². The number of ether oxygens (including phenoxy) is 2. The molecule has 0 saturated heterocycles. The summed E-state index contributed by atoms with van der Waals surface area (Å²) in [7, 11) is 2.53. The summed E-state index contributed by atoms with van der Waals surface area (Å²) in [6, 6.07) is 0. The van der Waals surface area contributed by atoms with Gasteiger partial charge in [0.1, 0.15) is 0 Å². The first-order valence-electron chi connectivity index (χ1n) is 9.17. The second kappa shape index (κ2) is 14.4. The maximum Gasteiger partial charge on any atom is 0.325 e. The molecule has 0 aliphatic rings. The Morgan fingerprint density at radius 1 is 0.720 bits per heavy atom.